The molecule has 1 aromatic rings. The molecule has 0 aromatic heterocycles. The van der Waals surface area contributed by atoms with E-state index in [1.165, 1.54) is 0 Å². The molecule has 0 heterocycles. The number of rotatable bonds is 0. The molecule has 1 unspecified atom stereocenters. The van der Waals surface area contributed by atoms with E-state index >= 15 is 0 Å². The van der Waals surface area contributed by atoms with E-state index in [2.05, 4.69) is 11.8 Å². The topological polar surface area (TPSA) is 26.0 Å². The highest BCUT2D eigenvalue weighted by Gasteiger charge is 1.88. The standard InChI is InChI=1S/C10H10ClN/c1-8(12)5-6-9-3-2-4-10(11)7-9/h2-4,7-8H,12H2,1H3. The van der Waals surface area contributed by atoms with Crippen molar-refractivity contribution in [2.24, 2.45) is 5.73 Å². The van der Waals surface area contributed by atoms with Gasteiger partial charge in [-0.1, -0.05) is 29.5 Å². The van der Waals surface area contributed by atoms with Crippen LogP contribution in [0.4, 0.5) is 0 Å². The molecule has 0 amide bonds. The molecule has 1 rings (SSSR count). The van der Waals surface area contributed by atoms with Crippen molar-refractivity contribution in [3.05, 3.63) is 34.9 Å². The summed E-state index contributed by atoms with van der Waals surface area (Å²) in [6.45, 7) is 1.84. The lowest BCUT2D eigenvalue weighted by atomic mass is 10.2. The summed E-state index contributed by atoms with van der Waals surface area (Å²) in [7, 11) is 0. The first-order chi connectivity index (χ1) is 5.68. The molecule has 0 spiro atoms. The summed E-state index contributed by atoms with van der Waals surface area (Å²) >= 11 is 5.76. The second-order valence-corrected chi connectivity index (χ2v) is 3.00. The molecule has 2 N–H and O–H groups in total. The predicted molar refractivity (Wildman–Crippen MR) is 52.0 cm³/mol. The second kappa shape index (κ2) is 4.15. The summed E-state index contributed by atoms with van der Waals surface area (Å²) < 4.78 is 0. The lowest BCUT2D eigenvalue weighted by molar-refractivity contribution is 0.959. The molecule has 0 saturated carbocycles. The van der Waals surface area contributed by atoms with Crippen LogP contribution < -0.4 is 5.73 Å². The summed E-state index contributed by atoms with van der Waals surface area (Å²) in [5.74, 6) is 5.78. The quantitative estimate of drug-likeness (QED) is 0.606. The molecule has 2 heteroatoms. The second-order valence-electron chi connectivity index (χ2n) is 2.57. The number of benzene rings is 1. The summed E-state index contributed by atoms with van der Waals surface area (Å²) in [4.78, 5) is 0. The van der Waals surface area contributed by atoms with Gasteiger partial charge >= 0.3 is 0 Å². The Balaban J connectivity index is 2.85. The van der Waals surface area contributed by atoms with Gasteiger partial charge in [0.25, 0.3) is 0 Å². The number of nitrogens with two attached hydrogens (primary N) is 1. The molecule has 0 saturated heterocycles. The van der Waals surface area contributed by atoms with Crippen molar-refractivity contribution in [3.8, 4) is 11.8 Å². The maximum Gasteiger partial charge on any atom is 0.0639 e. The summed E-state index contributed by atoms with van der Waals surface area (Å²) in [5, 5.41) is 0.700. The van der Waals surface area contributed by atoms with Gasteiger partial charge in [0.2, 0.25) is 0 Å². The van der Waals surface area contributed by atoms with Crippen LogP contribution in [0.25, 0.3) is 0 Å². The zero-order chi connectivity index (χ0) is 8.97. The zero-order valence-corrected chi connectivity index (χ0v) is 7.60. The first-order valence-corrected chi connectivity index (χ1v) is 4.09. The van der Waals surface area contributed by atoms with Crippen LogP contribution in [0, 0.1) is 11.8 Å². The van der Waals surface area contributed by atoms with Gasteiger partial charge in [0.1, 0.15) is 0 Å². The predicted octanol–water partition coefficient (Wildman–Crippen LogP) is 2.04. The van der Waals surface area contributed by atoms with Gasteiger partial charge in [-0.05, 0) is 25.1 Å². The van der Waals surface area contributed by atoms with Crippen LogP contribution >= 0.6 is 11.6 Å². The third-order valence-electron chi connectivity index (χ3n) is 1.27. The number of halogens is 1. The summed E-state index contributed by atoms with van der Waals surface area (Å²) in [6, 6.07) is 7.31. The highest BCUT2D eigenvalue weighted by Crippen LogP contribution is 2.09. The van der Waals surface area contributed by atoms with Crippen LogP contribution in [0.3, 0.4) is 0 Å². The van der Waals surface area contributed by atoms with Crippen LogP contribution in [0.1, 0.15) is 12.5 Å². The van der Waals surface area contributed by atoms with E-state index in [4.69, 9.17) is 17.3 Å². The van der Waals surface area contributed by atoms with E-state index in [0.29, 0.717) is 5.02 Å². The molecule has 1 nitrogen and oxygen atoms in total. The Morgan fingerprint density at radius 3 is 2.83 bits per heavy atom. The largest absolute Gasteiger partial charge is 0.318 e. The number of hydrogen-bond acceptors (Lipinski definition) is 1. The van der Waals surface area contributed by atoms with Gasteiger partial charge in [0.15, 0.2) is 0 Å². The van der Waals surface area contributed by atoms with Crippen molar-refractivity contribution >= 4 is 11.6 Å². The molecule has 0 aliphatic carbocycles. The Morgan fingerprint density at radius 1 is 1.50 bits per heavy atom. The first-order valence-electron chi connectivity index (χ1n) is 3.71. The van der Waals surface area contributed by atoms with Crippen LogP contribution in [0.15, 0.2) is 24.3 Å². The van der Waals surface area contributed by atoms with Crippen molar-refractivity contribution in [2.45, 2.75) is 13.0 Å². The molecule has 1 aromatic carbocycles. The third-order valence-corrected chi connectivity index (χ3v) is 1.50. The third kappa shape index (κ3) is 2.96. The van der Waals surface area contributed by atoms with Gasteiger partial charge in [-0.2, -0.15) is 0 Å². The molecule has 0 radical (unpaired) electrons. The Kier molecular flexibility index (Phi) is 3.16. The Hall–Kier alpha value is -0.970. The smallest absolute Gasteiger partial charge is 0.0639 e. The molecule has 1 atom stereocenters. The minimum atomic E-state index is -0.0935. The lowest BCUT2D eigenvalue weighted by Gasteiger charge is -1.92. The van der Waals surface area contributed by atoms with Gasteiger partial charge in [0.05, 0.1) is 6.04 Å². The Bertz CT molecular complexity index is 320. The molecule has 0 aliphatic heterocycles. The average Bonchev–Trinajstić information content (AvgIpc) is 2.01. The van der Waals surface area contributed by atoms with E-state index < -0.39 is 0 Å². The van der Waals surface area contributed by atoms with Crippen LogP contribution in [-0.2, 0) is 0 Å². The fourth-order valence-electron chi connectivity index (χ4n) is 0.763. The van der Waals surface area contributed by atoms with Crippen LogP contribution in [0.2, 0.25) is 5.02 Å². The van der Waals surface area contributed by atoms with E-state index in [1.54, 1.807) is 0 Å². The maximum absolute atomic E-state index is 5.76. The fraction of sp³-hybridized carbons (Fsp3) is 0.200. The van der Waals surface area contributed by atoms with Gasteiger partial charge in [-0.3, -0.25) is 0 Å². The van der Waals surface area contributed by atoms with Crippen molar-refractivity contribution < 1.29 is 0 Å². The monoisotopic (exact) mass is 179 g/mol. The van der Waals surface area contributed by atoms with Crippen molar-refractivity contribution in [1.82, 2.24) is 0 Å². The lowest BCUT2D eigenvalue weighted by Crippen LogP contribution is -2.10. The number of hydrogen-bond donors (Lipinski definition) is 1. The fourth-order valence-corrected chi connectivity index (χ4v) is 0.954. The Morgan fingerprint density at radius 2 is 2.25 bits per heavy atom. The average molecular weight is 180 g/mol. The molecule has 62 valence electrons. The normalized spacial score (nSPS) is 11.6. The first kappa shape index (κ1) is 9.12. The summed E-state index contributed by atoms with van der Waals surface area (Å²) in [5.41, 5.74) is 6.37. The molecule has 0 aliphatic rings. The van der Waals surface area contributed by atoms with E-state index in [-0.39, 0.29) is 6.04 Å². The van der Waals surface area contributed by atoms with Gasteiger partial charge in [-0.15, -0.1) is 0 Å². The maximum atomic E-state index is 5.76. The highest BCUT2D eigenvalue weighted by atomic mass is 35.5. The van der Waals surface area contributed by atoms with Gasteiger partial charge in [0, 0.05) is 10.6 Å². The molecular weight excluding hydrogens is 170 g/mol. The summed E-state index contributed by atoms with van der Waals surface area (Å²) in [6.07, 6.45) is 0. The highest BCUT2D eigenvalue weighted by molar-refractivity contribution is 6.30. The van der Waals surface area contributed by atoms with Crippen molar-refractivity contribution in [2.75, 3.05) is 0 Å². The van der Waals surface area contributed by atoms with E-state index in [0.717, 1.165) is 5.56 Å². The van der Waals surface area contributed by atoms with E-state index in [1.807, 2.05) is 31.2 Å². The molecular formula is C10H10ClN. The molecule has 12 heavy (non-hydrogen) atoms. The molecule has 0 fully saturated rings. The SMILES string of the molecule is CC(N)C#Cc1cccc(Cl)c1. The van der Waals surface area contributed by atoms with Crippen molar-refractivity contribution in [3.63, 3.8) is 0 Å². The van der Waals surface area contributed by atoms with Gasteiger partial charge < -0.3 is 5.73 Å². The minimum absolute atomic E-state index is 0.0935. The Labute approximate surface area is 77.5 Å². The molecule has 0 bridgehead atoms. The minimum Gasteiger partial charge on any atom is -0.318 e. The van der Waals surface area contributed by atoms with Gasteiger partial charge in [-0.25, -0.2) is 0 Å². The van der Waals surface area contributed by atoms with Crippen LogP contribution in [-0.4, -0.2) is 6.04 Å². The van der Waals surface area contributed by atoms with Crippen LogP contribution in [0.5, 0.6) is 0 Å². The van der Waals surface area contributed by atoms with E-state index in [9.17, 15) is 0 Å². The van der Waals surface area contributed by atoms with Crippen molar-refractivity contribution in [1.29, 1.82) is 0 Å². The zero-order valence-electron chi connectivity index (χ0n) is 6.84.